The fourth-order valence-electron chi connectivity index (χ4n) is 10.4. The highest BCUT2D eigenvalue weighted by Gasteiger charge is 2.51. The van der Waals surface area contributed by atoms with Gasteiger partial charge in [0.05, 0.1) is 16.4 Å². The molecule has 13 rings (SSSR count). The number of benzene rings is 9. The first-order valence-electron chi connectivity index (χ1n) is 21.2. The van der Waals surface area contributed by atoms with E-state index in [0.717, 1.165) is 22.4 Å². The monoisotopic (exact) mass is 788 g/mol. The lowest BCUT2D eigenvalue weighted by atomic mass is 9.70. The van der Waals surface area contributed by atoms with Crippen LogP contribution in [0.4, 0.5) is 0 Å². The molecule has 0 radical (unpaired) electrons. The summed E-state index contributed by atoms with van der Waals surface area (Å²) in [4.78, 5) is 15.4. The highest BCUT2D eigenvalue weighted by Crippen LogP contribution is 2.63. The Balaban J connectivity index is 1.03. The Hall–Kier alpha value is -8.21. The second-order valence-corrected chi connectivity index (χ2v) is 16.3. The summed E-state index contributed by atoms with van der Waals surface area (Å²) in [7, 11) is 0. The molecule has 9 aromatic carbocycles. The minimum atomic E-state index is -0.561. The average Bonchev–Trinajstić information content (AvgIpc) is 3.96. The van der Waals surface area contributed by atoms with Crippen molar-refractivity contribution in [3.8, 4) is 73.2 Å². The van der Waals surface area contributed by atoms with Crippen molar-refractivity contribution in [3.05, 3.63) is 241 Å². The third-order valence-electron chi connectivity index (χ3n) is 13.1. The van der Waals surface area contributed by atoms with Gasteiger partial charge in [-0.05, 0) is 98.1 Å². The van der Waals surface area contributed by atoms with E-state index >= 15 is 0 Å². The second kappa shape index (κ2) is 13.4. The number of hydrogen-bond donors (Lipinski definition) is 0. The molecule has 0 saturated heterocycles. The van der Waals surface area contributed by atoms with Gasteiger partial charge in [-0.1, -0.05) is 176 Å². The van der Waals surface area contributed by atoms with Crippen molar-refractivity contribution >= 4 is 21.8 Å². The molecule has 2 aliphatic carbocycles. The number of nitrogens with zero attached hydrogens (tertiary/aromatic N) is 4. The Labute approximate surface area is 359 Å². The molecule has 11 aromatic rings. The van der Waals surface area contributed by atoms with E-state index in [1.54, 1.807) is 0 Å². The normalized spacial score (nSPS) is 13.0. The first-order valence-corrected chi connectivity index (χ1v) is 21.2. The maximum Gasteiger partial charge on any atom is 0.164 e. The summed E-state index contributed by atoms with van der Waals surface area (Å²) in [5, 5.41) is 2.48. The molecule has 0 amide bonds. The van der Waals surface area contributed by atoms with Crippen LogP contribution in [0.15, 0.2) is 218 Å². The summed E-state index contributed by atoms with van der Waals surface area (Å²) in [6.45, 7) is 0. The Morgan fingerprint density at radius 1 is 0.290 bits per heavy atom. The van der Waals surface area contributed by atoms with Gasteiger partial charge in [-0.2, -0.15) is 0 Å². The third-order valence-corrected chi connectivity index (χ3v) is 13.1. The third kappa shape index (κ3) is 4.98. The van der Waals surface area contributed by atoms with E-state index in [1.165, 1.54) is 77.4 Å². The Morgan fingerprint density at radius 3 is 1.35 bits per heavy atom. The quantitative estimate of drug-likeness (QED) is 0.174. The molecule has 4 heteroatoms. The number of para-hydroxylation sites is 2. The van der Waals surface area contributed by atoms with E-state index in [4.69, 9.17) is 15.0 Å². The number of hydrogen-bond acceptors (Lipinski definition) is 3. The molecule has 62 heavy (non-hydrogen) atoms. The van der Waals surface area contributed by atoms with Gasteiger partial charge in [-0.15, -0.1) is 0 Å². The van der Waals surface area contributed by atoms with E-state index in [2.05, 4.69) is 187 Å². The topological polar surface area (TPSA) is 43.6 Å². The standard InChI is InChI=1S/C58H36N4/c1-4-16-37(17-5-1)55-59-56(38-18-6-2-7-19-38)61-57(60-55)41-29-32-46-45-31-28-40(35-51(45)58(52(46)36-41)49-25-13-10-22-43(49)44-23-11-14-26-50(44)58)39-30-33-54-48(34-39)47-24-12-15-27-53(47)62(54)42-20-8-3-9-21-42/h1-36H. The summed E-state index contributed by atoms with van der Waals surface area (Å²) < 4.78 is 2.38. The highest BCUT2D eigenvalue weighted by atomic mass is 15.0. The molecule has 288 valence electrons. The fraction of sp³-hybridized carbons (Fsp3) is 0.0172. The molecule has 2 aromatic heterocycles. The van der Waals surface area contributed by atoms with Gasteiger partial charge in [0.15, 0.2) is 17.5 Å². The van der Waals surface area contributed by atoms with Gasteiger partial charge in [0.2, 0.25) is 0 Å². The molecule has 2 heterocycles. The van der Waals surface area contributed by atoms with Gasteiger partial charge < -0.3 is 4.57 Å². The molecule has 0 unspecified atom stereocenters. The van der Waals surface area contributed by atoms with Gasteiger partial charge >= 0.3 is 0 Å². The predicted molar refractivity (Wildman–Crippen MR) is 252 cm³/mol. The first-order chi connectivity index (χ1) is 30.7. The van der Waals surface area contributed by atoms with Crippen LogP contribution in [-0.4, -0.2) is 19.5 Å². The smallest absolute Gasteiger partial charge is 0.164 e. The Kier molecular flexibility index (Phi) is 7.49. The van der Waals surface area contributed by atoms with Gasteiger partial charge in [0.25, 0.3) is 0 Å². The molecule has 0 atom stereocenters. The van der Waals surface area contributed by atoms with Crippen molar-refractivity contribution in [1.82, 2.24) is 19.5 Å². The van der Waals surface area contributed by atoms with Crippen molar-refractivity contribution in [2.45, 2.75) is 5.41 Å². The highest BCUT2D eigenvalue weighted by molar-refractivity contribution is 6.10. The Bertz CT molecular complexity index is 3470. The van der Waals surface area contributed by atoms with Crippen molar-refractivity contribution in [2.75, 3.05) is 0 Å². The minimum Gasteiger partial charge on any atom is -0.309 e. The molecule has 0 fully saturated rings. The summed E-state index contributed by atoms with van der Waals surface area (Å²) in [5.74, 6) is 1.95. The molecule has 2 aliphatic rings. The molecule has 0 saturated carbocycles. The summed E-state index contributed by atoms with van der Waals surface area (Å²) in [5.41, 5.74) is 18.4. The molecular weight excluding hydrogens is 753 g/mol. The van der Waals surface area contributed by atoms with Gasteiger partial charge in [0, 0.05) is 33.2 Å². The van der Waals surface area contributed by atoms with Crippen molar-refractivity contribution in [3.63, 3.8) is 0 Å². The van der Waals surface area contributed by atoms with Crippen molar-refractivity contribution < 1.29 is 0 Å². The minimum absolute atomic E-state index is 0.561. The average molecular weight is 789 g/mol. The van der Waals surface area contributed by atoms with Crippen LogP contribution in [0.5, 0.6) is 0 Å². The van der Waals surface area contributed by atoms with Crippen LogP contribution in [0.2, 0.25) is 0 Å². The number of rotatable bonds is 5. The van der Waals surface area contributed by atoms with Crippen molar-refractivity contribution in [1.29, 1.82) is 0 Å². The van der Waals surface area contributed by atoms with Crippen LogP contribution < -0.4 is 0 Å². The predicted octanol–water partition coefficient (Wildman–Crippen LogP) is 14.0. The summed E-state index contributed by atoms with van der Waals surface area (Å²) in [6.07, 6.45) is 0. The van der Waals surface area contributed by atoms with Crippen LogP contribution >= 0.6 is 0 Å². The van der Waals surface area contributed by atoms with Crippen LogP contribution in [-0.2, 0) is 5.41 Å². The van der Waals surface area contributed by atoms with Crippen LogP contribution in [0.1, 0.15) is 22.3 Å². The SMILES string of the molecule is c1ccc(-c2nc(-c3ccccc3)nc(-c3ccc4c(c3)C3(c5ccccc5-c5ccccc53)c3cc(-c5ccc6c(c5)c5ccccc5n6-c5ccccc5)ccc3-4)n2)cc1. The molecule has 1 spiro atoms. The number of fused-ring (bicyclic) bond motifs is 13. The lowest BCUT2D eigenvalue weighted by molar-refractivity contribution is 0.794. The summed E-state index contributed by atoms with van der Waals surface area (Å²) >= 11 is 0. The van der Waals surface area contributed by atoms with Crippen LogP contribution in [0.3, 0.4) is 0 Å². The zero-order chi connectivity index (χ0) is 40.8. The van der Waals surface area contributed by atoms with E-state index in [-0.39, 0.29) is 0 Å². The van der Waals surface area contributed by atoms with E-state index in [0.29, 0.717) is 17.5 Å². The van der Waals surface area contributed by atoms with Gasteiger partial charge in [-0.3, -0.25) is 0 Å². The number of aromatic nitrogens is 4. The van der Waals surface area contributed by atoms with Crippen LogP contribution in [0, 0.1) is 0 Å². The fourth-order valence-corrected chi connectivity index (χ4v) is 10.4. The Morgan fingerprint density at radius 2 is 0.726 bits per heavy atom. The first kappa shape index (κ1) is 34.6. The van der Waals surface area contributed by atoms with E-state index in [9.17, 15) is 0 Å². The molecule has 0 bridgehead atoms. The zero-order valence-corrected chi connectivity index (χ0v) is 33.6. The van der Waals surface area contributed by atoms with E-state index < -0.39 is 5.41 Å². The molecule has 0 N–H and O–H groups in total. The largest absolute Gasteiger partial charge is 0.309 e. The van der Waals surface area contributed by atoms with Crippen LogP contribution in [0.25, 0.3) is 95.0 Å². The maximum atomic E-state index is 5.17. The maximum absolute atomic E-state index is 5.17. The molecule has 4 nitrogen and oxygen atoms in total. The summed E-state index contributed by atoms with van der Waals surface area (Å²) in [6, 6.07) is 78.7. The van der Waals surface area contributed by atoms with Gasteiger partial charge in [-0.25, -0.2) is 15.0 Å². The molecule has 0 aliphatic heterocycles. The lowest BCUT2D eigenvalue weighted by Crippen LogP contribution is -2.26. The molecular formula is C58H36N4. The lowest BCUT2D eigenvalue weighted by Gasteiger charge is -2.31. The van der Waals surface area contributed by atoms with Crippen molar-refractivity contribution in [2.24, 2.45) is 0 Å². The zero-order valence-electron chi connectivity index (χ0n) is 33.6. The van der Waals surface area contributed by atoms with E-state index in [1.807, 2.05) is 36.4 Å². The second-order valence-electron chi connectivity index (χ2n) is 16.3. The van der Waals surface area contributed by atoms with Gasteiger partial charge in [0.1, 0.15) is 0 Å².